The molecule has 1 aliphatic rings. The lowest BCUT2D eigenvalue weighted by atomic mass is 10.1. The normalized spacial score (nSPS) is 17.2. The van der Waals surface area contributed by atoms with Crippen molar-refractivity contribution in [2.45, 2.75) is 37.8 Å². The third-order valence-corrected chi connectivity index (χ3v) is 4.16. The molecule has 0 spiro atoms. The first-order chi connectivity index (χ1) is 10.3. The van der Waals surface area contributed by atoms with E-state index in [4.69, 9.17) is 4.74 Å². The molecule has 0 unspecified atom stereocenters. The molecule has 0 saturated heterocycles. The lowest BCUT2D eigenvalue weighted by Crippen LogP contribution is -2.36. The van der Waals surface area contributed by atoms with Gasteiger partial charge in [-0.25, -0.2) is 0 Å². The van der Waals surface area contributed by atoms with Crippen molar-refractivity contribution in [3.63, 3.8) is 0 Å². The summed E-state index contributed by atoms with van der Waals surface area (Å²) in [5.74, 6) is 0.814. The molecule has 2 aromatic rings. The van der Waals surface area contributed by atoms with Gasteiger partial charge in [-0.1, -0.05) is 43.2 Å². The largest absolute Gasteiger partial charge is 0.491 e. The van der Waals surface area contributed by atoms with E-state index in [1.807, 2.05) is 30.3 Å². The Hall–Kier alpha value is -1.58. The molecule has 21 heavy (non-hydrogen) atoms. The van der Waals surface area contributed by atoms with Crippen LogP contribution in [-0.4, -0.2) is 30.4 Å². The molecule has 1 atom stereocenters. The number of benzene rings is 2. The third kappa shape index (κ3) is 3.96. The van der Waals surface area contributed by atoms with Crippen molar-refractivity contribution in [3.8, 4) is 5.75 Å². The Morgan fingerprint density at radius 2 is 1.86 bits per heavy atom. The fourth-order valence-corrected chi connectivity index (χ4v) is 2.94. The molecular formula is C18H23NO2. The zero-order valence-electron chi connectivity index (χ0n) is 12.3. The van der Waals surface area contributed by atoms with E-state index in [2.05, 4.69) is 17.4 Å². The Bertz CT molecular complexity index is 578. The topological polar surface area (TPSA) is 41.5 Å². The van der Waals surface area contributed by atoms with Gasteiger partial charge in [-0.05, 0) is 35.7 Å². The number of hydrogen-bond acceptors (Lipinski definition) is 3. The lowest BCUT2D eigenvalue weighted by molar-refractivity contribution is 0.104. The van der Waals surface area contributed by atoms with Gasteiger partial charge in [-0.3, -0.25) is 0 Å². The number of nitrogens with one attached hydrogen (secondary N) is 1. The Labute approximate surface area is 125 Å². The summed E-state index contributed by atoms with van der Waals surface area (Å²) in [7, 11) is 0. The van der Waals surface area contributed by atoms with Crippen molar-refractivity contribution < 1.29 is 9.84 Å². The van der Waals surface area contributed by atoms with Gasteiger partial charge in [-0.15, -0.1) is 0 Å². The van der Waals surface area contributed by atoms with Crippen molar-refractivity contribution in [1.29, 1.82) is 0 Å². The Morgan fingerprint density at radius 1 is 1.10 bits per heavy atom. The minimum Gasteiger partial charge on any atom is -0.491 e. The van der Waals surface area contributed by atoms with Gasteiger partial charge in [0.05, 0.1) is 0 Å². The summed E-state index contributed by atoms with van der Waals surface area (Å²) in [6.45, 7) is 0.941. The van der Waals surface area contributed by atoms with E-state index in [-0.39, 0.29) is 0 Å². The van der Waals surface area contributed by atoms with Gasteiger partial charge in [0.2, 0.25) is 0 Å². The van der Waals surface area contributed by atoms with Crippen LogP contribution in [-0.2, 0) is 0 Å². The van der Waals surface area contributed by atoms with E-state index in [1.54, 1.807) is 0 Å². The summed E-state index contributed by atoms with van der Waals surface area (Å²) in [5, 5.41) is 15.8. The van der Waals surface area contributed by atoms with Crippen LogP contribution >= 0.6 is 0 Å². The average Bonchev–Trinajstić information content (AvgIpc) is 3.04. The Kier molecular flexibility index (Phi) is 4.73. The predicted octanol–water partition coefficient (Wildman–Crippen LogP) is 3.11. The SMILES string of the molecule is O[C@@H](CNC1CCCC1)COc1ccc2ccccc2c1. The summed E-state index contributed by atoms with van der Waals surface area (Å²) in [4.78, 5) is 0. The number of rotatable bonds is 6. The van der Waals surface area contributed by atoms with Crippen LogP contribution in [0.1, 0.15) is 25.7 Å². The summed E-state index contributed by atoms with van der Waals surface area (Å²) in [6.07, 6.45) is 4.62. The maximum atomic E-state index is 10.00. The van der Waals surface area contributed by atoms with Gasteiger partial charge < -0.3 is 15.2 Å². The monoisotopic (exact) mass is 285 g/mol. The molecular weight excluding hydrogens is 262 g/mol. The highest BCUT2D eigenvalue weighted by Crippen LogP contribution is 2.21. The van der Waals surface area contributed by atoms with Gasteiger partial charge >= 0.3 is 0 Å². The van der Waals surface area contributed by atoms with Crippen LogP contribution in [0.5, 0.6) is 5.75 Å². The van der Waals surface area contributed by atoms with Gasteiger partial charge in [0.1, 0.15) is 18.5 Å². The van der Waals surface area contributed by atoms with Crippen LogP contribution in [0.3, 0.4) is 0 Å². The van der Waals surface area contributed by atoms with Crippen LogP contribution < -0.4 is 10.1 Å². The number of fused-ring (bicyclic) bond motifs is 1. The molecule has 1 fully saturated rings. The highest BCUT2D eigenvalue weighted by atomic mass is 16.5. The molecule has 3 nitrogen and oxygen atoms in total. The first-order valence-corrected chi connectivity index (χ1v) is 7.84. The molecule has 112 valence electrons. The number of ether oxygens (including phenoxy) is 1. The second-order valence-corrected chi connectivity index (χ2v) is 5.86. The molecule has 0 heterocycles. The second kappa shape index (κ2) is 6.92. The van der Waals surface area contributed by atoms with Gasteiger partial charge in [0.25, 0.3) is 0 Å². The Balaban J connectivity index is 1.48. The summed E-state index contributed by atoms with van der Waals surface area (Å²) in [6, 6.07) is 14.8. The zero-order valence-corrected chi connectivity index (χ0v) is 12.3. The second-order valence-electron chi connectivity index (χ2n) is 5.86. The van der Waals surface area contributed by atoms with Crippen LogP contribution in [0.4, 0.5) is 0 Å². The fourth-order valence-electron chi connectivity index (χ4n) is 2.94. The number of aliphatic hydroxyl groups is 1. The van der Waals surface area contributed by atoms with Gasteiger partial charge in [0, 0.05) is 12.6 Å². The fraction of sp³-hybridized carbons (Fsp3) is 0.444. The van der Waals surface area contributed by atoms with Crippen molar-refractivity contribution >= 4 is 10.8 Å². The average molecular weight is 285 g/mol. The highest BCUT2D eigenvalue weighted by Gasteiger charge is 2.15. The minimum atomic E-state index is -0.461. The standard InChI is InChI=1S/C18H23NO2/c20-17(12-19-16-7-3-4-8-16)13-21-18-10-9-14-5-1-2-6-15(14)11-18/h1-2,5-6,9-11,16-17,19-20H,3-4,7-8,12-13H2/t17-/m0/s1. The molecule has 2 N–H and O–H groups in total. The molecule has 0 bridgehead atoms. The predicted molar refractivity (Wildman–Crippen MR) is 85.7 cm³/mol. The molecule has 3 heteroatoms. The molecule has 0 radical (unpaired) electrons. The van der Waals surface area contributed by atoms with E-state index in [9.17, 15) is 5.11 Å². The maximum Gasteiger partial charge on any atom is 0.120 e. The molecule has 0 aliphatic heterocycles. The first-order valence-electron chi connectivity index (χ1n) is 7.84. The van der Waals surface area contributed by atoms with E-state index < -0.39 is 6.10 Å². The molecule has 1 aliphatic carbocycles. The van der Waals surface area contributed by atoms with E-state index >= 15 is 0 Å². The zero-order chi connectivity index (χ0) is 14.5. The summed E-state index contributed by atoms with van der Waals surface area (Å²) < 4.78 is 5.70. The van der Waals surface area contributed by atoms with Crippen LogP contribution in [0.2, 0.25) is 0 Å². The van der Waals surface area contributed by atoms with Crippen molar-refractivity contribution in [2.24, 2.45) is 0 Å². The van der Waals surface area contributed by atoms with Crippen LogP contribution in [0.25, 0.3) is 10.8 Å². The maximum absolute atomic E-state index is 10.00. The quantitative estimate of drug-likeness (QED) is 0.857. The molecule has 0 aromatic heterocycles. The molecule has 3 rings (SSSR count). The Morgan fingerprint density at radius 3 is 2.67 bits per heavy atom. The van der Waals surface area contributed by atoms with E-state index in [0.29, 0.717) is 19.2 Å². The van der Waals surface area contributed by atoms with E-state index in [0.717, 1.165) is 11.1 Å². The molecule has 0 amide bonds. The first kappa shape index (κ1) is 14.4. The van der Waals surface area contributed by atoms with Gasteiger partial charge in [0.15, 0.2) is 0 Å². The molecule has 2 aromatic carbocycles. The third-order valence-electron chi connectivity index (χ3n) is 4.16. The van der Waals surface area contributed by atoms with E-state index in [1.165, 1.54) is 31.1 Å². The minimum absolute atomic E-state index is 0.331. The smallest absolute Gasteiger partial charge is 0.120 e. The lowest BCUT2D eigenvalue weighted by Gasteiger charge is -2.16. The van der Waals surface area contributed by atoms with Crippen LogP contribution in [0.15, 0.2) is 42.5 Å². The number of hydrogen-bond donors (Lipinski definition) is 2. The molecule has 1 saturated carbocycles. The summed E-state index contributed by atoms with van der Waals surface area (Å²) >= 11 is 0. The number of aliphatic hydroxyl groups excluding tert-OH is 1. The van der Waals surface area contributed by atoms with Gasteiger partial charge in [-0.2, -0.15) is 0 Å². The van der Waals surface area contributed by atoms with Crippen molar-refractivity contribution in [2.75, 3.05) is 13.2 Å². The highest BCUT2D eigenvalue weighted by molar-refractivity contribution is 5.83. The van der Waals surface area contributed by atoms with Crippen LogP contribution in [0, 0.1) is 0 Å². The van der Waals surface area contributed by atoms with Crippen molar-refractivity contribution in [1.82, 2.24) is 5.32 Å². The van der Waals surface area contributed by atoms with Crippen molar-refractivity contribution in [3.05, 3.63) is 42.5 Å². The summed E-state index contributed by atoms with van der Waals surface area (Å²) in [5.41, 5.74) is 0.